The van der Waals surface area contributed by atoms with Crippen molar-refractivity contribution >= 4 is 23.6 Å². The summed E-state index contributed by atoms with van der Waals surface area (Å²) in [6.45, 7) is 1.40. The maximum Gasteiger partial charge on any atom is 0.305 e. The van der Waals surface area contributed by atoms with E-state index in [1.54, 1.807) is 16.7 Å². The second-order valence-electron chi connectivity index (χ2n) is 4.89. The number of carboxylic acids is 1. The SMILES string of the molecule is O=C(O)CC1CSCCN1C(=O)CCNC1CC1. The zero-order valence-electron chi connectivity index (χ0n) is 10.4. The fourth-order valence-electron chi connectivity index (χ4n) is 2.17. The molecule has 1 amide bonds. The van der Waals surface area contributed by atoms with Crippen LogP contribution in [0.15, 0.2) is 0 Å². The second-order valence-corrected chi connectivity index (χ2v) is 6.04. The molecule has 2 fully saturated rings. The molecule has 2 rings (SSSR count). The molecule has 0 spiro atoms. The second kappa shape index (κ2) is 6.43. The van der Waals surface area contributed by atoms with E-state index in [4.69, 9.17) is 5.11 Å². The highest BCUT2D eigenvalue weighted by molar-refractivity contribution is 7.99. The Balaban J connectivity index is 1.78. The third-order valence-corrected chi connectivity index (χ3v) is 4.40. The van der Waals surface area contributed by atoms with E-state index in [0.717, 1.165) is 11.5 Å². The summed E-state index contributed by atoms with van der Waals surface area (Å²) in [5.74, 6) is 0.928. The summed E-state index contributed by atoms with van der Waals surface area (Å²) in [5, 5.41) is 12.2. The molecule has 0 radical (unpaired) electrons. The van der Waals surface area contributed by atoms with Crippen molar-refractivity contribution in [3.8, 4) is 0 Å². The summed E-state index contributed by atoms with van der Waals surface area (Å²) in [5.41, 5.74) is 0. The molecule has 1 heterocycles. The molecule has 1 aliphatic carbocycles. The number of hydrogen-bond acceptors (Lipinski definition) is 4. The number of aliphatic carboxylic acids is 1. The van der Waals surface area contributed by atoms with Crippen LogP contribution in [0.25, 0.3) is 0 Å². The molecule has 0 aromatic carbocycles. The third-order valence-electron chi connectivity index (χ3n) is 3.31. The molecular formula is C12H20N2O3S. The van der Waals surface area contributed by atoms with Crippen LogP contribution in [0.1, 0.15) is 25.7 Å². The normalized spacial score (nSPS) is 24.0. The highest BCUT2D eigenvalue weighted by atomic mass is 32.2. The first-order valence-electron chi connectivity index (χ1n) is 6.49. The van der Waals surface area contributed by atoms with Gasteiger partial charge in [0.25, 0.3) is 0 Å². The van der Waals surface area contributed by atoms with Crippen molar-refractivity contribution in [3.05, 3.63) is 0 Å². The summed E-state index contributed by atoms with van der Waals surface area (Å²) in [7, 11) is 0. The smallest absolute Gasteiger partial charge is 0.305 e. The van der Waals surface area contributed by atoms with Gasteiger partial charge in [0, 0.05) is 37.1 Å². The van der Waals surface area contributed by atoms with Gasteiger partial charge in [-0.1, -0.05) is 0 Å². The number of rotatable bonds is 6. The lowest BCUT2D eigenvalue weighted by Gasteiger charge is -2.34. The molecule has 2 N–H and O–H groups in total. The van der Waals surface area contributed by atoms with Crippen LogP contribution in [0.3, 0.4) is 0 Å². The van der Waals surface area contributed by atoms with Gasteiger partial charge >= 0.3 is 5.97 Å². The van der Waals surface area contributed by atoms with E-state index in [-0.39, 0.29) is 18.4 Å². The lowest BCUT2D eigenvalue weighted by Crippen LogP contribution is -2.47. The predicted octanol–water partition coefficient (Wildman–Crippen LogP) is 0.547. The van der Waals surface area contributed by atoms with Crippen LogP contribution in [-0.2, 0) is 9.59 Å². The van der Waals surface area contributed by atoms with Crippen molar-refractivity contribution in [2.75, 3.05) is 24.6 Å². The third kappa shape index (κ3) is 4.17. The number of carboxylic acid groups (broad SMARTS) is 1. The van der Waals surface area contributed by atoms with Crippen molar-refractivity contribution in [1.82, 2.24) is 10.2 Å². The van der Waals surface area contributed by atoms with E-state index in [2.05, 4.69) is 5.32 Å². The Labute approximate surface area is 111 Å². The molecular weight excluding hydrogens is 252 g/mol. The molecule has 1 unspecified atom stereocenters. The highest BCUT2D eigenvalue weighted by Gasteiger charge is 2.28. The molecule has 18 heavy (non-hydrogen) atoms. The molecule has 1 atom stereocenters. The minimum atomic E-state index is -0.823. The van der Waals surface area contributed by atoms with E-state index < -0.39 is 5.97 Å². The van der Waals surface area contributed by atoms with E-state index in [0.29, 0.717) is 25.6 Å². The number of nitrogens with one attached hydrogen (secondary N) is 1. The van der Waals surface area contributed by atoms with Gasteiger partial charge in [-0.2, -0.15) is 11.8 Å². The maximum absolute atomic E-state index is 12.1. The first-order chi connectivity index (χ1) is 8.66. The Kier molecular flexibility index (Phi) is 4.88. The van der Waals surface area contributed by atoms with Gasteiger partial charge in [-0.25, -0.2) is 0 Å². The van der Waals surface area contributed by atoms with Gasteiger partial charge in [0.1, 0.15) is 0 Å². The van der Waals surface area contributed by atoms with Crippen molar-refractivity contribution in [2.45, 2.75) is 37.8 Å². The first kappa shape index (κ1) is 13.7. The molecule has 1 saturated heterocycles. The fourth-order valence-corrected chi connectivity index (χ4v) is 3.23. The van der Waals surface area contributed by atoms with Crippen molar-refractivity contribution in [1.29, 1.82) is 0 Å². The molecule has 102 valence electrons. The van der Waals surface area contributed by atoms with Crippen LogP contribution >= 0.6 is 11.8 Å². The fraction of sp³-hybridized carbons (Fsp3) is 0.833. The topological polar surface area (TPSA) is 69.6 Å². The van der Waals surface area contributed by atoms with Gasteiger partial charge < -0.3 is 15.3 Å². The molecule has 1 saturated carbocycles. The molecule has 0 aromatic heterocycles. The van der Waals surface area contributed by atoms with Crippen molar-refractivity contribution in [3.63, 3.8) is 0 Å². The molecule has 6 heteroatoms. The van der Waals surface area contributed by atoms with Gasteiger partial charge in [0.05, 0.1) is 12.5 Å². The zero-order chi connectivity index (χ0) is 13.0. The monoisotopic (exact) mass is 272 g/mol. The van der Waals surface area contributed by atoms with Crippen LogP contribution in [0.4, 0.5) is 0 Å². The predicted molar refractivity (Wildman–Crippen MR) is 70.7 cm³/mol. The van der Waals surface area contributed by atoms with Crippen molar-refractivity contribution < 1.29 is 14.7 Å². The zero-order valence-corrected chi connectivity index (χ0v) is 11.2. The van der Waals surface area contributed by atoms with Gasteiger partial charge in [-0.05, 0) is 12.8 Å². The van der Waals surface area contributed by atoms with E-state index in [9.17, 15) is 9.59 Å². The average Bonchev–Trinajstić information content (AvgIpc) is 3.13. The largest absolute Gasteiger partial charge is 0.481 e. The molecule has 2 aliphatic rings. The number of carbonyl (C=O) groups is 2. The molecule has 1 aliphatic heterocycles. The highest BCUT2D eigenvalue weighted by Crippen LogP contribution is 2.21. The summed E-state index contributed by atoms with van der Waals surface area (Å²) in [6.07, 6.45) is 2.98. The minimum Gasteiger partial charge on any atom is -0.481 e. The average molecular weight is 272 g/mol. The van der Waals surface area contributed by atoms with Crippen LogP contribution in [-0.4, -0.2) is 58.6 Å². The Hall–Kier alpha value is -0.750. The van der Waals surface area contributed by atoms with Crippen LogP contribution in [0.5, 0.6) is 0 Å². The number of thioether (sulfide) groups is 1. The Morgan fingerprint density at radius 1 is 1.39 bits per heavy atom. The van der Waals surface area contributed by atoms with Crippen LogP contribution in [0.2, 0.25) is 0 Å². The van der Waals surface area contributed by atoms with E-state index in [1.165, 1.54) is 12.8 Å². The number of hydrogen-bond donors (Lipinski definition) is 2. The van der Waals surface area contributed by atoms with Crippen LogP contribution in [0, 0.1) is 0 Å². The quantitative estimate of drug-likeness (QED) is 0.739. The van der Waals surface area contributed by atoms with E-state index in [1.807, 2.05) is 0 Å². The number of nitrogens with zero attached hydrogens (tertiary/aromatic N) is 1. The lowest BCUT2D eigenvalue weighted by atomic mass is 10.2. The summed E-state index contributed by atoms with van der Waals surface area (Å²) >= 11 is 1.73. The summed E-state index contributed by atoms with van der Waals surface area (Å²) < 4.78 is 0. The van der Waals surface area contributed by atoms with Gasteiger partial charge in [-0.3, -0.25) is 9.59 Å². The Morgan fingerprint density at radius 3 is 2.83 bits per heavy atom. The summed E-state index contributed by atoms with van der Waals surface area (Å²) in [6, 6.07) is 0.485. The lowest BCUT2D eigenvalue weighted by molar-refractivity contribution is -0.140. The Morgan fingerprint density at radius 2 is 2.17 bits per heavy atom. The van der Waals surface area contributed by atoms with E-state index >= 15 is 0 Å². The van der Waals surface area contributed by atoms with Gasteiger partial charge in [0.15, 0.2) is 0 Å². The van der Waals surface area contributed by atoms with Gasteiger partial charge in [0.2, 0.25) is 5.91 Å². The number of amides is 1. The maximum atomic E-state index is 12.1. The summed E-state index contributed by atoms with van der Waals surface area (Å²) in [4.78, 5) is 24.6. The molecule has 0 aromatic rings. The van der Waals surface area contributed by atoms with Crippen LogP contribution < -0.4 is 5.32 Å². The standard InChI is InChI=1S/C12H20N2O3S/c15-11(3-4-13-9-1-2-9)14-5-6-18-8-10(14)7-12(16)17/h9-10,13H,1-8H2,(H,16,17). The number of carbonyl (C=O) groups excluding carboxylic acids is 1. The molecule has 5 nitrogen and oxygen atoms in total. The minimum absolute atomic E-state index is 0.0643. The Bertz CT molecular complexity index is 320. The van der Waals surface area contributed by atoms with Gasteiger partial charge in [-0.15, -0.1) is 0 Å². The van der Waals surface area contributed by atoms with Crippen molar-refractivity contribution in [2.24, 2.45) is 0 Å². The first-order valence-corrected chi connectivity index (χ1v) is 7.64. The molecule has 0 bridgehead atoms.